The van der Waals surface area contributed by atoms with E-state index < -0.39 is 15.9 Å². The number of nitrogens with one attached hydrogen (secondary N) is 2. The summed E-state index contributed by atoms with van der Waals surface area (Å²) in [6, 6.07) is 14.2. The van der Waals surface area contributed by atoms with Crippen molar-refractivity contribution < 1.29 is 13.2 Å². The highest BCUT2D eigenvalue weighted by atomic mass is 35.5. The first-order valence-electron chi connectivity index (χ1n) is 9.16. The SMILES string of the molecule is CCN(c1ccccc1)S(=O)(=O)c1cc(NC(=O)CSc2nccc(=O)[nH]2)ccc1Cl. The number of para-hydroxylation sites is 1. The van der Waals surface area contributed by atoms with Gasteiger partial charge < -0.3 is 10.3 Å². The fourth-order valence-corrected chi connectivity index (χ4v) is 5.36. The number of nitrogens with zero attached hydrogens (tertiary/aromatic N) is 2. The minimum Gasteiger partial charge on any atom is -0.325 e. The van der Waals surface area contributed by atoms with E-state index in [1.54, 1.807) is 37.3 Å². The van der Waals surface area contributed by atoms with Crippen LogP contribution in [0.3, 0.4) is 0 Å². The maximum absolute atomic E-state index is 13.2. The van der Waals surface area contributed by atoms with Gasteiger partial charge >= 0.3 is 0 Å². The van der Waals surface area contributed by atoms with E-state index >= 15 is 0 Å². The molecule has 8 nitrogen and oxygen atoms in total. The summed E-state index contributed by atoms with van der Waals surface area (Å²) in [7, 11) is -3.96. The summed E-state index contributed by atoms with van der Waals surface area (Å²) in [5.74, 6) is -0.416. The van der Waals surface area contributed by atoms with Gasteiger partial charge in [0.15, 0.2) is 5.16 Å². The quantitative estimate of drug-likeness (QED) is 0.379. The van der Waals surface area contributed by atoms with Gasteiger partial charge in [0.05, 0.1) is 16.5 Å². The van der Waals surface area contributed by atoms with E-state index in [-0.39, 0.29) is 33.5 Å². The van der Waals surface area contributed by atoms with Crippen molar-refractivity contribution in [2.75, 3.05) is 21.9 Å². The number of halogens is 1. The average molecular weight is 479 g/mol. The molecule has 0 aliphatic rings. The summed E-state index contributed by atoms with van der Waals surface area (Å²) in [6.45, 7) is 1.93. The highest BCUT2D eigenvalue weighted by Crippen LogP contribution is 2.30. The van der Waals surface area contributed by atoms with Crippen LogP contribution in [0.4, 0.5) is 11.4 Å². The number of thioether (sulfide) groups is 1. The Morgan fingerprint density at radius 1 is 1.19 bits per heavy atom. The number of hydrogen-bond donors (Lipinski definition) is 2. The Hall–Kier alpha value is -2.82. The van der Waals surface area contributed by atoms with E-state index in [1.165, 1.54) is 34.8 Å². The van der Waals surface area contributed by atoms with Crippen molar-refractivity contribution in [1.82, 2.24) is 9.97 Å². The Kier molecular flexibility index (Phi) is 7.37. The van der Waals surface area contributed by atoms with Crippen LogP contribution in [-0.2, 0) is 14.8 Å². The lowest BCUT2D eigenvalue weighted by Crippen LogP contribution is -2.31. The van der Waals surface area contributed by atoms with E-state index in [1.807, 2.05) is 0 Å². The van der Waals surface area contributed by atoms with Gasteiger partial charge in [-0.15, -0.1) is 0 Å². The Balaban J connectivity index is 1.79. The lowest BCUT2D eigenvalue weighted by molar-refractivity contribution is -0.113. The highest BCUT2D eigenvalue weighted by Gasteiger charge is 2.26. The number of amides is 1. The summed E-state index contributed by atoms with van der Waals surface area (Å²) in [6.07, 6.45) is 1.35. The van der Waals surface area contributed by atoms with Gasteiger partial charge in [0.1, 0.15) is 4.90 Å². The number of aromatic amines is 1. The standard InChI is InChI=1S/C20H19ClN4O4S2/c1-2-25(15-6-4-3-5-7-15)31(28,29)17-12-14(8-9-16(17)21)23-19(27)13-30-20-22-11-10-18(26)24-20/h3-12H,2,13H2,1H3,(H,23,27)(H,22,24,26). The molecule has 1 heterocycles. The van der Waals surface area contributed by atoms with Crippen molar-refractivity contribution in [2.45, 2.75) is 17.0 Å². The molecule has 162 valence electrons. The van der Waals surface area contributed by atoms with Crippen LogP contribution < -0.4 is 15.2 Å². The molecule has 0 unspecified atom stereocenters. The van der Waals surface area contributed by atoms with E-state index in [4.69, 9.17) is 11.6 Å². The second kappa shape index (κ2) is 9.99. The Bertz CT molecular complexity index is 1230. The van der Waals surface area contributed by atoms with Crippen LogP contribution in [0.15, 0.2) is 75.6 Å². The van der Waals surface area contributed by atoms with Crippen LogP contribution >= 0.6 is 23.4 Å². The largest absolute Gasteiger partial charge is 0.325 e. The van der Waals surface area contributed by atoms with Gasteiger partial charge in [-0.2, -0.15) is 0 Å². The van der Waals surface area contributed by atoms with Gasteiger partial charge in [0, 0.05) is 24.5 Å². The fourth-order valence-electron chi connectivity index (χ4n) is 2.74. The molecule has 2 N–H and O–H groups in total. The molecule has 0 fully saturated rings. The predicted molar refractivity (Wildman–Crippen MR) is 122 cm³/mol. The van der Waals surface area contributed by atoms with Gasteiger partial charge in [-0.3, -0.25) is 13.9 Å². The van der Waals surface area contributed by atoms with Crippen LogP contribution in [-0.4, -0.2) is 36.6 Å². The van der Waals surface area contributed by atoms with Crippen LogP contribution in [0.5, 0.6) is 0 Å². The molecule has 0 radical (unpaired) electrons. The minimum atomic E-state index is -3.96. The summed E-state index contributed by atoms with van der Waals surface area (Å²) in [5.41, 5.74) is 0.479. The van der Waals surface area contributed by atoms with E-state index in [2.05, 4.69) is 15.3 Å². The van der Waals surface area contributed by atoms with E-state index in [0.717, 1.165) is 11.8 Å². The highest BCUT2D eigenvalue weighted by molar-refractivity contribution is 7.99. The second-order valence-corrected chi connectivity index (χ2v) is 9.43. The first kappa shape index (κ1) is 22.9. The third-order valence-electron chi connectivity index (χ3n) is 4.10. The number of carbonyl (C=O) groups excluding carboxylic acids is 1. The molecule has 0 aliphatic carbocycles. The van der Waals surface area contributed by atoms with E-state index in [9.17, 15) is 18.0 Å². The van der Waals surface area contributed by atoms with Crippen LogP contribution in [0.1, 0.15) is 6.92 Å². The fraction of sp³-hybridized carbons (Fsp3) is 0.150. The molecule has 0 saturated heterocycles. The number of rotatable bonds is 8. The zero-order valence-corrected chi connectivity index (χ0v) is 18.8. The molecular formula is C20H19ClN4O4S2. The van der Waals surface area contributed by atoms with Crippen molar-refractivity contribution in [3.63, 3.8) is 0 Å². The zero-order chi connectivity index (χ0) is 22.4. The number of hydrogen-bond acceptors (Lipinski definition) is 6. The maximum atomic E-state index is 13.2. The topological polar surface area (TPSA) is 112 Å². The molecule has 11 heteroatoms. The summed E-state index contributed by atoms with van der Waals surface area (Å²) in [5, 5.41) is 3.00. The molecule has 3 aromatic rings. The van der Waals surface area contributed by atoms with Gasteiger partial charge in [-0.1, -0.05) is 41.6 Å². The summed E-state index contributed by atoms with van der Waals surface area (Å²) >= 11 is 7.25. The first-order chi connectivity index (χ1) is 14.8. The number of benzene rings is 2. The third-order valence-corrected chi connectivity index (χ3v) is 7.37. The number of aromatic nitrogens is 2. The Morgan fingerprint density at radius 3 is 2.61 bits per heavy atom. The number of H-pyrrole nitrogens is 1. The number of carbonyl (C=O) groups is 1. The molecule has 31 heavy (non-hydrogen) atoms. The molecule has 0 saturated carbocycles. The van der Waals surface area contributed by atoms with Crippen LogP contribution in [0.25, 0.3) is 0 Å². The first-order valence-corrected chi connectivity index (χ1v) is 12.0. The van der Waals surface area contributed by atoms with Gasteiger partial charge in [0.25, 0.3) is 15.6 Å². The lowest BCUT2D eigenvalue weighted by atomic mass is 10.3. The van der Waals surface area contributed by atoms with E-state index in [0.29, 0.717) is 10.8 Å². The third kappa shape index (κ3) is 5.66. The Morgan fingerprint density at radius 2 is 1.94 bits per heavy atom. The average Bonchev–Trinajstić information content (AvgIpc) is 2.75. The normalized spacial score (nSPS) is 11.2. The molecular weight excluding hydrogens is 460 g/mol. The van der Waals surface area contributed by atoms with Crippen molar-refractivity contribution in [2.24, 2.45) is 0 Å². The van der Waals surface area contributed by atoms with Gasteiger partial charge in [0.2, 0.25) is 5.91 Å². The van der Waals surface area contributed by atoms with Gasteiger partial charge in [-0.25, -0.2) is 13.4 Å². The van der Waals surface area contributed by atoms with Crippen molar-refractivity contribution in [1.29, 1.82) is 0 Å². The monoisotopic (exact) mass is 478 g/mol. The molecule has 3 rings (SSSR count). The number of sulfonamides is 1. The zero-order valence-electron chi connectivity index (χ0n) is 16.4. The van der Waals surface area contributed by atoms with Crippen molar-refractivity contribution >= 4 is 50.7 Å². The molecule has 0 atom stereocenters. The summed E-state index contributed by atoms with van der Waals surface area (Å²) < 4.78 is 27.7. The Labute approximate surface area is 188 Å². The van der Waals surface area contributed by atoms with Crippen molar-refractivity contribution in [3.05, 3.63) is 76.2 Å². The van der Waals surface area contributed by atoms with Crippen LogP contribution in [0, 0.1) is 0 Å². The van der Waals surface area contributed by atoms with Gasteiger partial charge in [-0.05, 0) is 37.3 Å². The smallest absolute Gasteiger partial charge is 0.265 e. The lowest BCUT2D eigenvalue weighted by Gasteiger charge is -2.23. The molecule has 1 amide bonds. The molecule has 0 aliphatic heterocycles. The second-order valence-electron chi connectivity index (χ2n) is 6.23. The number of anilines is 2. The molecule has 0 bridgehead atoms. The minimum absolute atomic E-state index is 0.0250. The molecule has 0 spiro atoms. The predicted octanol–water partition coefficient (Wildman–Crippen LogP) is 3.37. The maximum Gasteiger partial charge on any atom is 0.265 e. The summed E-state index contributed by atoms with van der Waals surface area (Å²) in [4.78, 5) is 29.9. The van der Waals surface area contributed by atoms with Crippen LogP contribution in [0.2, 0.25) is 5.02 Å². The van der Waals surface area contributed by atoms with Crippen molar-refractivity contribution in [3.8, 4) is 0 Å². The molecule has 1 aromatic heterocycles. The molecule has 2 aromatic carbocycles.